The summed E-state index contributed by atoms with van der Waals surface area (Å²) in [5.74, 6) is 0.0289. The Kier molecular flexibility index (Phi) is 7.42. The van der Waals surface area contributed by atoms with Crippen LogP contribution in [0.25, 0.3) is 0 Å². The Morgan fingerprint density at radius 2 is 1.90 bits per heavy atom. The molecule has 2 aliphatic rings. The van der Waals surface area contributed by atoms with Gasteiger partial charge in [0.05, 0.1) is 19.1 Å². The number of carbonyl (C=O) groups excluding carboxylic acids is 2. The Labute approximate surface area is 132 Å². The smallest absolute Gasteiger partial charge is 0.227 e. The third-order valence-electron chi connectivity index (χ3n) is 4.18. The molecule has 0 aromatic rings. The lowest BCUT2D eigenvalue weighted by molar-refractivity contribution is -0.145. The summed E-state index contributed by atoms with van der Waals surface area (Å²) in [7, 11) is 0. The molecule has 2 unspecified atom stereocenters. The molecular formula is C14H26ClN3O3. The highest BCUT2D eigenvalue weighted by Crippen LogP contribution is 2.20. The Balaban J connectivity index is 0.00000220. The number of carbonyl (C=O) groups is 2. The SMILES string of the molecule is CC(CN)C(=O)N1CCCC(C(=O)N2CCOCC2)C1.Cl. The van der Waals surface area contributed by atoms with Gasteiger partial charge in [-0.05, 0) is 12.8 Å². The van der Waals surface area contributed by atoms with E-state index in [1.807, 2.05) is 16.7 Å². The van der Waals surface area contributed by atoms with Crippen molar-refractivity contribution in [2.45, 2.75) is 19.8 Å². The summed E-state index contributed by atoms with van der Waals surface area (Å²) in [6.45, 7) is 6.06. The molecule has 2 amide bonds. The first-order chi connectivity index (χ1) is 9.63. The lowest BCUT2D eigenvalue weighted by Gasteiger charge is -2.37. The molecule has 0 saturated carbocycles. The fraction of sp³-hybridized carbons (Fsp3) is 0.857. The molecule has 2 saturated heterocycles. The second kappa shape index (κ2) is 8.56. The number of hydrogen-bond donors (Lipinski definition) is 1. The average molecular weight is 320 g/mol. The summed E-state index contributed by atoms with van der Waals surface area (Å²) in [6, 6.07) is 0. The van der Waals surface area contributed by atoms with Gasteiger partial charge in [-0.2, -0.15) is 0 Å². The van der Waals surface area contributed by atoms with Gasteiger partial charge in [-0.1, -0.05) is 6.92 Å². The minimum Gasteiger partial charge on any atom is -0.378 e. The third kappa shape index (κ3) is 4.56. The molecule has 0 aromatic carbocycles. The lowest BCUT2D eigenvalue weighted by atomic mass is 9.95. The zero-order valence-corrected chi connectivity index (χ0v) is 13.4. The van der Waals surface area contributed by atoms with E-state index in [0.717, 1.165) is 19.4 Å². The first-order valence-corrected chi connectivity index (χ1v) is 7.49. The van der Waals surface area contributed by atoms with Crippen molar-refractivity contribution in [1.82, 2.24) is 9.80 Å². The molecule has 0 aromatic heterocycles. The molecule has 6 nitrogen and oxygen atoms in total. The van der Waals surface area contributed by atoms with Gasteiger partial charge in [0.2, 0.25) is 11.8 Å². The monoisotopic (exact) mass is 319 g/mol. The van der Waals surface area contributed by atoms with E-state index in [2.05, 4.69) is 0 Å². The molecule has 2 aliphatic heterocycles. The zero-order chi connectivity index (χ0) is 14.5. The maximum atomic E-state index is 12.5. The summed E-state index contributed by atoms with van der Waals surface area (Å²) in [6.07, 6.45) is 1.76. The van der Waals surface area contributed by atoms with Crippen LogP contribution < -0.4 is 5.73 Å². The number of halogens is 1. The zero-order valence-electron chi connectivity index (χ0n) is 12.6. The quantitative estimate of drug-likeness (QED) is 0.800. The first-order valence-electron chi connectivity index (χ1n) is 7.49. The van der Waals surface area contributed by atoms with Crippen LogP contribution in [0.1, 0.15) is 19.8 Å². The minimum atomic E-state index is -0.160. The molecule has 2 rings (SSSR count). The fourth-order valence-corrected chi connectivity index (χ4v) is 2.83. The van der Waals surface area contributed by atoms with Crippen molar-refractivity contribution >= 4 is 24.2 Å². The number of ether oxygens (including phenoxy) is 1. The Morgan fingerprint density at radius 3 is 2.52 bits per heavy atom. The molecule has 7 heteroatoms. The van der Waals surface area contributed by atoms with Crippen molar-refractivity contribution in [3.05, 3.63) is 0 Å². The van der Waals surface area contributed by atoms with Crippen LogP contribution in [0.4, 0.5) is 0 Å². The molecule has 2 fully saturated rings. The normalized spacial score (nSPS) is 24.2. The highest BCUT2D eigenvalue weighted by molar-refractivity contribution is 5.85. The van der Waals surface area contributed by atoms with Gasteiger partial charge in [-0.25, -0.2) is 0 Å². The van der Waals surface area contributed by atoms with Crippen LogP contribution >= 0.6 is 12.4 Å². The van der Waals surface area contributed by atoms with Crippen molar-refractivity contribution in [2.75, 3.05) is 45.9 Å². The van der Waals surface area contributed by atoms with Crippen LogP contribution in [0.15, 0.2) is 0 Å². The van der Waals surface area contributed by atoms with E-state index in [0.29, 0.717) is 39.4 Å². The van der Waals surface area contributed by atoms with Gasteiger partial charge in [-0.3, -0.25) is 9.59 Å². The number of likely N-dealkylation sites (tertiary alicyclic amines) is 1. The second-order valence-corrected chi connectivity index (χ2v) is 5.70. The summed E-state index contributed by atoms with van der Waals surface area (Å²) >= 11 is 0. The number of amides is 2. The maximum Gasteiger partial charge on any atom is 0.227 e. The number of morpholine rings is 1. The van der Waals surface area contributed by atoms with Gasteiger partial charge < -0.3 is 20.3 Å². The van der Waals surface area contributed by atoms with E-state index in [4.69, 9.17) is 10.5 Å². The number of hydrogen-bond acceptors (Lipinski definition) is 4. The van der Waals surface area contributed by atoms with Gasteiger partial charge in [0.1, 0.15) is 0 Å². The summed E-state index contributed by atoms with van der Waals surface area (Å²) in [5, 5.41) is 0. The fourth-order valence-electron chi connectivity index (χ4n) is 2.83. The highest BCUT2D eigenvalue weighted by Gasteiger charge is 2.32. The van der Waals surface area contributed by atoms with Gasteiger partial charge in [0, 0.05) is 38.6 Å². The van der Waals surface area contributed by atoms with Gasteiger partial charge >= 0.3 is 0 Å². The minimum absolute atomic E-state index is 0. The van der Waals surface area contributed by atoms with Gasteiger partial charge in [0.15, 0.2) is 0 Å². The molecule has 2 N–H and O–H groups in total. The number of nitrogens with zero attached hydrogens (tertiary/aromatic N) is 2. The van der Waals surface area contributed by atoms with E-state index in [9.17, 15) is 9.59 Å². The molecule has 0 aliphatic carbocycles. The Morgan fingerprint density at radius 1 is 1.24 bits per heavy atom. The third-order valence-corrected chi connectivity index (χ3v) is 4.18. The van der Waals surface area contributed by atoms with Crippen LogP contribution in [-0.4, -0.2) is 67.6 Å². The predicted octanol–water partition coefficient (Wildman–Crippen LogP) is 0.100. The standard InChI is InChI=1S/C14H25N3O3.ClH/c1-11(9-15)13(18)17-4-2-3-12(10-17)14(19)16-5-7-20-8-6-16;/h11-12H,2-10,15H2,1H3;1H. The molecular weight excluding hydrogens is 294 g/mol. The molecule has 2 atom stereocenters. The molecule has 0 bridgehead atoms. The van der Waals surface area contributed by atoms with E-state index >= 15 is 0 Å². The van der Waals surface area contributed by atoms with Crippen LogP contribution in [0, 0.1) is 11.8 Å². The van der Waals surface area contributed by atoms with Crippen molar-refractivity contribution in [3.8, 4) is 0 Å². The van der Waals surface area contributed by atoms with Crippen LogP contribution in [0.3, 0.4) is 0 Å². The first kappa shape index (κ1) is 18.2. The number of nitrogens with two attached hydrogens (primary N) is 1. The van der Waals surface area contributed by atoms with Crippen LogP contribution in [-0.2, 0) is 14.3 Å². The second-order valence-electron chi connectivity index (χ2n) is 5.70. The van der Waals surface area contributed by atoms with Gasteiger partial charge in [-0.15, -0.1) is 12.4 Å². The molecule has 0 radical (unpaired) electrons. The van der Waals surface area contributed by atoms with Crippen LogP contribution in [0.5, 0.6) is 0 Å². The summed E-state index contributed by atoms with van der Waals surface area (Å²) in [5.41, 5.74) is 5.55. The predicted molar refractivity (Wildman–Crippen MR) is 82.2 cm³/mol. The molecule has 21 heavy (non-hydrogen) atoms. The topological polar surface area (TPSA) is 75.9 Å². The Bertz CT molecular complexity index is 361. The summed E-state index contributed by atoms with van der Waals surface area (Å²) < 4.78 is 5.27. The van der Waals surface area contributed by atoms with Crippen molar-refractivity contribution in [2.24, 2.45) is 17.6 Å². The van der Waals surface area contributed by atoms with Crippen molar-refractivity contribution < 1.29 is 14.3 Å². The summed E-state index contributed by atoms with van der Waals surface area (Å²) in [4.78, 5) is 28.3. The van der Waals surface area contributed by atoms with Crippen LogP contribution in [0.2, 0.25) is 0 Å². The van der Waals surface area contributed by atoms with Crippen molar-refractivity contribution in [1.29, 1.82) is 0 Å². The molecule has 2 heterocycles. The van der Waals surface area contributed by atoms with E-state index in [1.54, 1.807) is 0 Å². The lowest BCUT2D eigenvalue weighted by Crippen LogP contribution is -2.50. The average Bonchev–Trinajstić information content (AvgIpc) is 2.53. The largest absolute Gasteiger partial charge is 0.378 e. The van der Waals surface area contributed by atoms with E-state index in [1.165, 1.54) is 0 Å². The van der Waals surface area contributed by atoms with Gasteiger partial charge in [0.25, 0.3) is 0 Å². The van der Waals surface area contributed by atoms with E-state index < -0.39 is 0 Å². The molecule has 122 valence electrons. The van der Waals surface area contributed by atoms with Crippen molar-refractivity contribution in [3.63, 3.8) is 0 Å². The van der Waals surface area contributed by atoms with E-state index in [-0.39, 0.29) is 36.1 Å². The molecule has 0 spiro atoms. The maximum absolute atomic E-state index is 12.5. The number of piperidine rings is 1. The number of rotatable bonds is 3. The highest BCUT2D eigenvalue weighted by atomic mass is 35.5. The Hall–Kier alpha value is -0.850.